The van der Waals surface area contributed by atoms with E-state index < -0.39 is 0 Å². The molecule has 0 aliphatic heterocycles. The van der Waals surface area contributed by atoms with Gasteiger partial charge in [0, 0.05) is 18.6 Å². The first-order chi connectivity index (χ1) is 11.0. The van der Waals surface area contributed by atoms with Crippen LogP contribution in [0.1, 0.15) is 32.3 Å². The van der Waals surface area contributed by atoms with Crippen molar-refractivity contribution in [2.45, 2.75) is 33.1 Å². The molecule has 0 atom stereocenters. The van der Waals surface area contributed by atoms with E-state index in [0.717, 1.165) is 17.0 Å². The van der Waals surface area contributed by atoms with E-state index in [9.17, 15) is 4.79 Å². The fraction of sp³-hybridized carbons (Fsp3) is 0.438. The Morgan fingerprint density at radius 3 is 2.65 bits per heavy atom. The summed E-state index contributed by atoms with van der Waals surface area (Å²) in [4.78, 5) is 11.2. The molecule has 0 unspecified atom stereocenters. The zero-order valence-corrected chi connectivity index (χ0v) is 14.3. The molecule has 0 radical (unpaired) electrons. The number of nitrogens with zero attached hydrogens (tertiary/aromatic N) is 1. The Kier molecular flexibility index (Phi) is 8.67. The fourth-order valence-corrected chi connectivity index (χ4v) is 1.87. The van der Waals surface area contributed by atoms with Crippen LogP contribution in [0.15, 0.2) is 29.4 Å². The molecule has 6 nitrogen and oxygen atoms in total. The largest absolute Gasteiger partial charge is 0.494 e. The number of ether oxygens (including phenoxy) is 2. The van der Waals surface area contributed by atoms with Crippen LogP contribution in [0.5, 0.6) is 5.75 Å². The van der Waals surface area contributed by atoms with Crippen molar-refractivity contribution in [1.29, 1.82) is 0 Å². The van der Waals surface area contributed by atoms with Gasteiger partial charge in [-0.1, -0.05) is 12.1 Å². The third-order valence-electron chi connectivity index (χ3n) is 2.84. The SMILES string of the molecule is CCOC(=O)CCCOc1ccc(C/C(C)=N/NC(N)=S)cc1. The Balaban J connectivity index is 2.34. The van der Waals surface area contributed by atoms with Crippen LogP contribution in [0, 0.1) is 0 Å². The number of benzene rings is 1. The van der Waals surface area contributed by atoms with Crippen molar-refractivity contribution in [2.24, 2.45) is 10.8 Å². The van der Waals surface area contributed by atoms with Crippen molar-refractivity contribution in [1.82, 2.24) is 5.43 Å². The molecule has 0 aliphatic carbocycles. The third-order valence-corrected chi connectivity index (χ3v) is 2.93. The summed E-state index contributed by atoms with van der Waals surface area (Å²) < 4.78 is 10.4. The molecule has 1 aromatic rings. The molecule has 0 heterocycles. The van der Waals surface area contributed by atoms with Gasteiger partial charge in [-0.3, -0.25) is 10.2 Å². The fourth-order valence-electron chi connectivity index (χ4n) is 1.83. The smallest absolute Gasteiger partial charge is 0.305 e. The molecule has 0 amide bonds. The number of hydrogen-bond acceptors (Lipinski definition) is 5. The number of nitrogens with two attached hydrogens (primary N) is 1. The van der Waals surface area contributed by atoms with Crippen molar-refractivity contribution < 1.29 is 14.3 Å². The number of esters is 1. The number of thiocarbonyl (C=S) groups is 1. The Labute approximate surface area is 142 Å². The Hall–Kier alpha value is -2.15. The highest BCUT2D eigenvalue weighted by Gasteiger charge is 2.02. The Bertz CT molecular complexity index is 544. The first kappa shape index (κ1) is 18.9. The predicted molar refractivity (Wildman–Crippen MR) is 94.5 cm³/mol. The maximum absolute atomic E-state index is 11.2. The van der Waals surface area contributed by atoms with Gasteiger partial charge in [0.25, 0.3) is 0 Å². The number of carbonyl (C=O) groups excluding carboxylic acids is 1. The first-order valence-corrected chi connectivity index (χ1v) is 7.88. The zero-order valence-electron chi connectivity index (χ0n) is 13.5. The highest BCUT2D eigenvalue weighted by Crippen LogP contribution is 2.13. The van der Waals surface area contributed by atoms with Crippen molar-refractivity contribution in [3.05, 3.63) is 29.8 Å². The summed E-state index contributed by atoms with van der Waals surface area (Å²) in [7, 11) is 0. The molecule has 3 N–H and O–H groups in total. The van der Waals surface area contributed by atoms with Crippen molar-refractivity contribution >= 4 is 29.0 Å². The molecule has 0 fully saturated rings. The second-order valence-electron chi connectivity index (χ2n) is 4.90. The van der Waals surface area contributed by atoms with Gasteiger partial charge in [0.1, 0.15) is 5.75 Å². The van der Waals surface area contributed by atoms with Crippen LogP contribution in [0.3, 0.4) is 0 Å². The van der Waals surface area contributed by atoms with Gasteiger partial charge in [0.05, 0.1) is 13.2 Å². The average Bonchev–Trinajstić information content (AvgIpc) is 2.51. The molecule has 0 saturated heterocycles. The zero-order chi connectivity index (χ0) is 17.1. The maximum Gasteiger partial charge on any atom is 0.305 e. The van der Waals surface area contributed by atoms with Crippen molar-refractivity contribution in [3.63, 3.8) is 0 Å². The van der Waals surface area contributed by atoms with E-state index >= 15 is 0 Å². The second-order valence-corrected chi connectivity index (χ2v) is 5.34. The van der Waals surface area contributed by atoms with E-state index in [1.54, 1.807) is 6.92 Å². The van der Waals surface area contributed by atoms with Gasteiger partial charge >= 0.3 is 5.97 Å². The van der Waals surface area contributed by atoms with Crippen LogP contribution in [0.4, 0.5) is 0 Å². The minimum absolute atomic E-state index is 0.149. The van der Waals surface area contributed by atoms with Crippen molar-refractivity contribution in [2.75, 3.05) is 13.2 Å². The predicted octanol–water partition coefficient (Wildman–Crippen LogP) is 2.16. The first-order valence-electron chi connectivity index (χ1n) is 7.47. The summed E-state index contributed by atoms with van der Waals surface area (Å²) in [5.74, 6) is 0.584. The van der Waals surface area contributed by atoms with E-state index in [2.05, 4.69) is 10.5 Å². The second kappa shape index (κ2) is 10.6. The Morgan fingerprint density at radius 1 is 1.35 bits per heavy atom. The summed E-state index contributed by atoms with van der Waals surface area (Å²) in [6.07, 6.45) is 1.70. The average molecular weight is 337 g/mol. The van der Waals surface area contributed by atoms with Crippen LogP contribution in [-0.4, -0.2) is 30.0 Å². The topological polar surface area (TPSA) is 85.9 Å². The van der Waals surface area contributed by atoms with Crippen LogP contribution < -0.4 is 15.9 Å². The molecule has 126 valence electrons. The van der Waals surface area contributed by atoms with Gasteiger partial charge in [0.15, 0.2) is 5.11 Å². The number of rotatable bonds is 9. The van der Waals surface area contributed by atoms with Gasteiger partial charge in [-0.2, -0.15) is 5.10 Å². The summed E-state index contributed by atoms with van der Waals surface area (Å²) in [6.45, 7) is 4.58. The van der Waals surface area contributed by atoms with Crippen LogP contribution in [0.25, 0.3) is 0 Å². The van der Waals surface area contributed by atoms with Crippen molar-refractivity contribution in [3.8, 4) is 5.75 Å². The molecule has 7 heteroatoms. The lowest BCUT2D eigenvalue weighted by molar-refractivity contribution is -0.143. The van der Waals surface area contributed by atoms with Crippen LogP contribution in [-0.2, 0) is 16.0 Å². The molecular formula is C16H23N3O3S. The highest BCUT2D eigenvalue weighted by atomic mass is 32.1. The van der Waals surface area contributed by atoms with E-state index in [1.165, 1.54) is 0 Å². The van der Waals surface area contributed by atoms with Gasteiger partial charge < -0.3 is 15.2 Å². The normalized spacial score (nSPS) is 11.0. The lowest BCUT2D eigenvalue weighted by Crippen LogP contribution is -2.25. The molecule has 23 heavy (non-hydrogen) atoms. The molecule has 1 rings (SSSR count). The van der Waals surface area contributed by atoms with E-state index in [1.807, 2.05) is 31.2 Å². The quantitative estimate of drug-likeness (QED) is 0.236. The van der Waals surface area contributed by atoms with Crippen LogP contribution >= 0.6 is 12.2 Å². The van der Waals surface area contributed by atoms with Gasteiger partial charge in [-0.25, -0.2) is 0 Å². The van der Waals surface area contributed by atoms with Gasteiger partial charge in [-0.05, 0) is 50.2 Å². The van der Waals surface area contributed by atoms with E-state index in [-0.39, 0.29) is 11.1 Å². The molecule has 0 bridgehead atoms. The summed E-state index contributed by atoms with van der Waals surface area (Å²) in [5.41, 5.74) is 9.86. The third kappa shape index (κ3) is 8.77. The van der Waals surface area contributed by atoms with E-state index in [4.69, 9.17) is 27.4 Å². The van der Waals surface area contributed by atoms with Crippen LogP contribution in [0.2, 0.25) is 0 Å². The number of carbonyl (C=O) groups is 1. The summed E-state index contributed by atoms with van der Waals surface area (Å²) in [5, 5.41) is 4.21. The lowest BCUT2D eigenvalue weighted by Gasteiger charge is -2.07. The Morgan fingerprint density at radius 2 is 2.04 bits per heavy atom. The maximum atomic E-state index is 11.2. The number of nitrogens with one attached hydrogen (secondary N) is 1. The molecule has 0 aliphatic rings. The number of hydrazone groups is 1. The molecule has 0 spiro atoms. The van der Waals surface area contributed by atoms with E-state index in [0.29, 0.717) is 32.5 Å². The summed E-state index contributed by atoms with van der Waals surface area (Å²) in [6, 6.07) is 7.74. The number of hydrogen-bond donors (Lipinski definition) is 2. The standard InChI is InChI=1S/C16H23N3O3S/c1-3-21-15(20)5-4-10-22-14-8-6-13(7-9-14)11-12(2)18-19-16(17)23/h6-9H,3-5,10-11H2,1-2H3,(H3,17,19,23)/b18-12+. The molecule has 0 aromatic heterocycles. The lowest BCUT2D eigenvalue weighted by atomic mass is 10.1. The molecule has 1 aromatic carbocycles. The minimum atomic E-state index is -0.188. The molecule has 0 saturated carbocycles. The highest BCUT2D eigenvalue weighted by molar-refractivity contribution is 7.80. The van der Waals surface area contributed by atoms with Gasteiger partial charge in [-0.15, -0.1) is 0 Å². The monoisotopic (exact) mass is 337 g/mol. The molecular weight excluding hydrogens is 314 g/mol. The van der Waals surface area contributed by atoms with Gasteiger partial charge in [0.2, 0.25) is 0 Å². The summed E-state index contributed by atoms with van der Waals surface area (Å²) >= 11 is 4.69. The minimum Gasteiger partial charge on any atom is -0.494 e.